The van der Waals surface area contributed by atoms with Crippen LogP contribution >= 0.6 is 11.8 Å². The number of urea groups is 1. The SMILES string of the molecule is CSc1cc(C)ccc1CNC(=O)N1CCC(c2cnc[nH]2)CC1. The largest absolute Gasteiger partial charge is 0.348 e. The average molecular weight is 344 g/mol. The first-order chi connectivity index (χ1) is 11.7. The highest BCUT2D eigenvalue weighted by Gasteiger charge is 2.24. The Hall–Kier alpha value is -1.95. The van der Waals surface area contributed by atoms with Crippen molar-refractivity contribution in [3.05, 3.63) is 47.5 Å². The fraction of sp³-hybridized carbons (Fsp3) is 0.444. The standard InChI is InChI=1S/C18H24N4OS/c1-13-3-4-15(17(9-13)24-2)10-20-18(23)22-7-5-14(6-8-22)16-11-19-12-21-16/h3-4,9,11-12,14H,5-8,10H2,1-2H3,(H,19,21)(H,20,23). The number of benzene rings is 1. The Bertz CT molecular complexity index is 678. The third-order valence-electron chi connectivity index (χ3n) is 4.61. The Morgan fingerprint density at radius 3 is 2.88 bits per heavy atom. The van der Waals surface area contributed by atoms with Gasteiger partial charge in [-0.25, -0.2) is 9.78 Å². The van der Waals surface area contributed by atoms with E-state index in [2.05, 4.69) is 46.7 Å². The van der Waals surface area contributed by atoms with Crippen LogP contribution in [-0.2, 0) is 6.54 Å². The van der Waals surface area contributed by atoms with E-state index in [9.17, 15) is 4.79 Å². The van der Waals surface area contributed by atoms with Gasteiger partial charge in [0.05, 0.1) is 6.33 Å². The monoisotopic (exact) mass is 344 g/mol. The molecule has 2 N–H and O–H groups in total. The molecule has 1 aromatic heterocycles. The summed E-state index contributed by atoms with van der Waals surface area (Å²) in [5, 5.41) is 3.07. The zero-order chi connectivity index (χ0) is 16.9. The first-order valence-corrected chi connectivity index (χ1v) is 9.54. The van der Waals surface area contributed by atoms with Gasteiger partial charge in [0.15, 0.2) is 0 Å². The van der Waals surface area contributed by atoms with Gasteiger partial charge in [0.2, 0.25) is 0 Å². The molecule has 128 valence electrons. The van der Waals surface area contributed by atoms with E-state index in [-0.39, 0.29) is 6.03 Å². The molecule has 0 saturated carbocycles. The molecule has 3 rings (SSSR count). The van der Waals surface area contributed by atoms with Crippen LogP contribution in [0.1, 0.15) is 35.6 Å². The molecule has 24 heavy (non-hydrogen) atoms. The normalized spacial score (nSPS) is 15.5. The number of amides is 2. The number of aromatic nitrogens is 2. The smallest absolute Gasteiger partial charge is 0.317 e. The number of thioether (sulfide) groups is 1. The highest BCUT2D eigenvalue weighted by Crippen LogP contribution is 2.26. The molecule has 0 unspecified atom stereocenters. The second-order valence-corrected chi connectivity index (χ2v) is 7.09. The summed E-state index contributed by atoms with van der Waals surface area (Å²) in [5.41, 5.74) is 3.60. The fourth-order valence-corrected chi connectivity index (χ4v) is 3.87. The molecule has 2 aromatic rings. The van der Waals surface area contributed by atoms with E-state index in [0.29, 0.717) is 12.5 Å². The van der Waals surface area contributed by atoms with Crippen molar-refractivity contribution in [2.45, 2.75) is 37.1 Å². The lowest BCUT2D eigenvalue weighted by Gasteiger charge is -2.31. The van der Waals surface area contributed by atoms with E-state index in [1.807, 2.05) is 11.1 Å². The lowest BCUT2D eigenvalue weighted by Crippen LogP contribution is -2.43. The number of nitrogens with one attached hydrogen (secondary N) is 2. The first-order valence-electron chi connectivity index (χ1n) is 8.32. The molecule has 6 heteroatoms. The lowest BCUT2D eigenvalue weighted by molar-refractivity contribution is 0.180. The van der Waals surface area contributed by atoms with Crippen molar-refractivity contribution in [1.29, 1.82) is 0 Å². The molecule has 1 fully saturated rings. The quantitative estimate of drug-likeness (QED) is 0.834. The van der Waals surface area contributed by atoms with Crippen molar-refractivity contribution in [3.63, 3.8) is 0 Å². The maximum absolute atomic E-state index is 12.4. The van der Waals surface area contributed by atoms with Crippen LogP contribution in [0, 0.1) is 6.92 Å². The number of nitrogens with zero attached hydrogens (tertiary/aromatic N) is 2. The van der Waals surface area contributed by atoms with Gasteiger partial charge in [-0.3, -0.25) is 0 Å². The lowest BCUT2D eigenvalue weighted by atomic mass is 9.94. The van der Waals surface area contributed by atoms with Crippen molar-refractivity contribution in [1.82, 2.24) is 20.2 Å². The number of H-pyrrole nitrogens is 1. The van der Waals surface area contributed by atoms with Crippen molar-refractivity contribution in [2.24, 2.45) is 0 Å². The van der Waals surface area contributed by atoms with Gasteiger partial charge in [0.25, 0.3) is 0 Å². The van der Waals surface area contributed by atoms with E-state index >= 15 is 0 Å². The van der Waals surface area contributed by atoms with Crippen LogP contribution in [0.3, 0.4) is 0 Å². The van der Waals surface area contributed by atoms with Gasteiger partial charge in [0, 0.05) is 42.3 Å². The number of hydrogen-bond acceptors (Lipinski definition) is 3. The molecule has 0 aliphatic carbocycles. The maximum atomic E-state index is 12.4. The molecule has 1 saturated heterocycles. The second kappa shape index (κ2) is 7.75. The van der Waals surface area contributed by atoms with Crippen LogP contribution in [0.25, 0.3) is 0 Å². The topological polar surface area (TPSA) is 61.0 Å². The van der Waals surface area contributed by atoms with E-state index in [0.717, 1.165) is 25.9 Å². The molecule has 5 nitrogen and oxygen atoms in total. The molecule has 1 aliphatic heterocycles. The molecule has 0 spiro atoms. The Morgan fingerprint density at radius 1 is 1.42 bits per heavy atom. The highest BCUT2D eigenvalue weighted by molar-refractivity contribution is 7.98. The molecule has 0 radical (unpaired) electrons. The summed E-state index contributed by atoms with van der Waals surface area (Å²) in [6.07, 6.45) is 7.65. The number of imidazole rings is 1. The Labute approximate surface area is 147 Å². The molecule has 1 aliphatic rings. The van der Waals surface area contributed by atoms with Gasteiger partial charge in [-0.1, -0.05) is 12.1 Å². The number of carbonyl (C=O) groups excluding carboxylic acids is 1. The molecule has 1 aromatic carbocycles. The highest BCUT2D eigenvalue weighted by atomic mass is 32.2. The number of carbonyl (C=O) groups is 1. The zero-order valence-electron chi connectivity index (χ0n) is 14.2. The molecule has 2 heterocycles. The van der Waals surface area contributed by atoms with Crippen molar-refractivity contribution in [3.8, 4) is 0 Å². The van der Waals surface area contributed by atoms with Crippen LogP contribution in [0.4, 0.5) is 4.79 Å². The van der Waals surface area contributed by atoms with E-state index in [1.54, 1.807) is 18.1 Å². The van der Waals surface area contributed by atoms with Crippen molar-refractivity contribution in [2.75, 3.05) is 19.3 Å². The number of aromatic amines is 1. The summed E-state index contributed by atoms with van der Waals surface area (Å²) in [4.78, 5) is 22.8. The van der Waals surface area contributed by atoms with Crippen LogP contribution in [0.5, 0.6) is 0 Å². The second-order valence-electron chi connectivity index (χ2n) is 6.24. The summed E-state index contributed by atoms with van der Waals surface area (Å²) in [5.74, 6) is 0.483. The number of aryl methyl sites for hydroxylation is 1. The van der Waals surface area contributed by atoms with Gasteiger partial charge >= 0.3 is 6.03 Å². The summed E-state index contributed by atoms with van der Waals surface area (Å²) >= 11 is 1.72. The van der Waals surface area contributed by atoms with Gasteiger partial charge < -0.3 is 15.2 Å². The first kappa shape index (κ1) is 16.9. The van der Waals surface area contributed by atoms with Gasteiger partial charge in [0.1, 0.15) is 0 Å². The summed E-state index contributed by atoms with van der Waals surface area (Å²) in [7, 11) is 0. The fourth-order valence-electron chi connectivity index (χ4n) is 3.16. The predicted molar refractivity (Wildman–Crippen MR) is 97.3 cm³/mol. The van der Waals surface area contributed by atoms with Gasteiger partial charge in [-0.2, -0.15) is 0 Å². The molecule has 0 atom stereocenters. The molecule has 0 bridgehead atoms. The van der Waals surface area contributed by atoms with E-state index < -0.39 is 0 Å². The van der Waals surface area contributed by atoms with Crippen molar-refractivity contribution < 1.29 is 4.79 Å². The minimum Gasteiger partial charge on any atom is -0.348 e. The predicted octanol–water partition coefficient (Wildman–Crippen LogP) is 3.53. The van der Waals surface area contributed by atoms with Crippen LogP contribution < -0.4 is 5.32 Å². The van der Waals surface area contributed by atoms with Crippen LogP contribution in [0.2, 0.25) is 0 Å². The van der Waals surface area contributed by atoms with E-state index in [4.69, 9.17) is 0 Å². The molecule has 2 amide bonds. The van der Waals surface area contributed by atoms with Gasteiger partial charge in [-0.15, -0.1) is 11.8 Å². The Balaban J connectivity index is 1.51. The average Bonchev–Trinajstić information content (AvgIpc) is 3.15. The summed E-state index contributed by atoms with van der Waals surface area (Å²) < 4.78 is 0. The summed E-state index contributed by atoms with van der Waals surface area (Å²) in [6.45, 7) is 4.25. The zero-order valence-corrected chi connectivity index (χ0v) is 15.0. The number of rotatable bonds is 4. The summed E-state index contributed by atoms with van der Waals surface area (Å²) in [6, 6.07) is 6.40. The third kappa shape index (κ3) is 3.93. The van der Waals surface area contributed by atoms with Gasteiger partial charge in [-0.05, 0) is 43.2 Å². The van der Waals surface area contributed by atoms with E-state index in [1.165, 1.54) is 21.7 Å². The Kier molecular flexibility index (Phi) is 5.45. The number of piperidine rings is 1. The molecular formula is C18H24N4OS. The van der Waals surface area contributed by atoms with Crippen LogP contribution in [-0.4, -0.2) is 40.2 Å². The molecular weight excluding hydrogens is 320 g/mol. The number of hydrogen-bond donors (Lipinski definition) is 2. The minimum absolute atomic E-state index is 0.0330. The maximum Gasteiger partial charge on any atom is 0.317 e. The minimum atomic E-state index is 0.0330. The number of likely N-dealkylation sites (tertiary alicyclic amines) is 1. The Morgan fingerprint density at radius 2 is 2.21 bits per heavy atom. The third-order valence-corrected chi connectivity index (χ3v) is 5.43. The van der Waals surface area contributed by atoms with Crippen LogP contribution in [0.15, 0.2) is 35.6 Å². The van der Waals surface area contributed by atoms with Crippen molar-refractivity contribution >= 4 is 17.8 Å².